The first kappa shape index (κ1) is 15.6. The van der Waals surface area contributed by atoms with E-state index in [1.807, 2.05) is 39.0 Å². The fourth-order valence-electron chi connectivity index (χ4n) is 2.30. The number of methoxy groups -OCH3 is 1. The van der Waals surface area contributed by atoms with Gasteiger partial charge in [-0.1, -0.05) is 19.1 Å². The van der Waals surface area contributed by atoms with Gasteiger partial charge in [0.15, 0.2) is 0 Å². The van der Waals surface area contributed by atoms with Gasteiger partial charge in [-0.15, -0.1) is 0 Å². The standard InChI is InChI=1S/C15H20N2O3S/c1-5-12-14(21)16-11-7-6-10(19-4)8-13(11)17(12)15(18)20-9(2)3/h6-9,12H,5H2,1-4H3,(H,16,21)/t12-/m0/s1. The number of anilines is 2. The second kappa shape index (κ2) is 6.30. The zero-order chi connectivity index (χ0) is 15.6. The predicted molar refractivity (Wildman–Crippen MR) is 87.4 cm³/mol. The van der Waals surface area contributed by atoms with Gasteiger partial charge in [0.2, 0.25) is 0 Å². The molecular weight excluding hydrogens is 288 g/mol. The fourth-order valence-corrected chi connectivity index (χ4v) is 2.68. The van der Waals surface area contributed by atoms with Gasteiger partial charge in [0.05, 0.1) is 30.6 Å². The van der Waals surface area contributed by atoms with Gasteiger partial charge in [0.1, 0.15) is 10.7 Å². The summed E-state index contributed by atoms with van der Waals surface area (Å²) >= 11 is 5.38. The van der Waals surface area contributed by atoms with E-state index in [-0.39, 0.29) is 12.1 Å². The average Bonchev–Trinajstić information content (AvgIpc) is 2.44. The Kier molecular flexibility index (Phi) is 4.67. The lowest BCUT2D eigenvalue weighted by molar-refractivity contribution is 0.121. The van der Waals surface area contributed by atoms with Crippen molar-refractivity contribution >= 4 is 34.7 Å². The van der Waals surface area contributed by atoms with Crippen LogP contribution in [0.25, 0.3) is 0 Å². The van der Waals surface area contributed by atoms with Gasteiger partial charge >= 0.3 is 6.09 Å². The van der Waals surface area contributed by atoms with Crippen LogP contribution < -0.4 is 15.0 Å². The summed E-state index contributed by atoms with van der Waals surface area (Å²) in [7, 11) is 1.59. The highest BCUT2D eigenvalue weighted by Gasteiger charge is 2.35. The maximum absolute atomic E-state index is 12.5. The van der Waals surface area contributed by atoms with Crippen molar-refractivity contribution in [2.75, 3.05) is 17.3 Å². The third-order valence-corrected chi connectivity index (χ3v) is 3.63. The molecule has 0 aliphatic carbocycles. The number of benzene rings is 1. The highest BCUT2D eigenvalue weighted by molar-refractivity contribution is 7.80. The van der Waals surface area contributed by atoms with Gasteiger partial charge in [-0.05, 0) is 32.4 Å². The van der Waals surface area contributed by atoms with Crippen LogP contribution in [0.3, 0.4) is 0 Å². The summed E-state index contributed by atoms with van der Waals surface area (Å²) in [5, 5.41) is 3.18. The first-order valence-electron chi connectivity index (χ1n) is 6.96. The molecule has 21 heavy (non-hydrogen) atoms. The number of fused-ring (bicyclic) bond motifs is 1. The van der Waals surface area contributed by atoms with E-state index in [2.05, 4.69) is 5.32 Å². The number of nitrogens with zero attached hydrogens (tertiary/aromatic N) is 1. The summed E-state index contributed by atoms with van der Waals surface area (Å²) in [6.07, 6.45) is 0.123. The lowest BCUT2D eigenvalue weighted by Gasteiger charge is -2.37. The largest absolute Gasteiger partial charge is 0.497 e. The molecule has 6 heteroatoms. The number of ether oxygens (including phenoxy) is 2. The third kappa shape index (κ3) is 3.10. The monoisotopic (exact) mass is 308 g/mol. The molecule has 1 aliphatic heterocycles. The van der Waals surface area contributed by atoms with Gasteiger partial charge in [-0.3, -0.25) is 4.90 Å². The zero-order valence-electron chi connectivity index (χ0n) is 12.7. The molecule has 1 N–H and O–H groups in total. The smallest absolute Gasteiger partial charge is 0.415 e. The van der Waals surface area contributed by atoms with Crippen molar-refractivity contribution in [2.24, 2.45) is 0 Å². The third-order valence-electron chi connectivity index (χ3n) is 3.26. The van der Waals surface area contributed by atoms with E-state index < -0.39 is 6.09 Å². The van der Waals surface area contributed by atoms with Crippen molar-refractivity contribution in [1.29, 1.82) is 0 Å². The number of carbonyl (C=O) groups is 1. The topological polar surface area (TPSA) is 50.8 Å². The van der Waals surface area contributed by atoms with Crippen LogP contribution in [0.4, 0.5) is 16.2 Å². The quantitative estimate of drug-likeness (QED) is 0.865. The van der Waals surface area contributed by atoms with Crippen molar-refractivity contribution in [2.45, 2.75) is 39.3 Å². The Bertz CT molecular complexity index is 560. The van der Waals surface area contributed by atoms with Gasteiger partial charge in [-0.25, -0.2) is 4.79 Å². The van der Waals surface area contributed by atoms with Crippen molar-refractivity contribution in [3.05, 3.63) is 18.2 Å². The van der Waals surface area contributed by atoms with Gasteiger partial charge in [-0.2, -0.15) is 0 Å². The number of amides is 1. The number of carbonyl (C=O) groups excluding carboxylic acids is 1. The van der Waals surface area contributed by atoms with E-state index in [0.717, 1.165) is 11.4 Å². The molecule has 1 atom stereocenters. The fraction of sp³-hybridized carbons (Fsp3) is 0.467. The Labute approximate surface area is 130 Å². The second-order valence-corrected chi connectivity index (χ2v) is 5.54. The molecule has 1 amide bonds. The van der Waals surface area contributed by atoms with Crippen LogP contribution in [0, 0.1) is 0 Å². The molecule has 0 bridgehead atoms. The number of nitrogens with one attached hydrogen (secondary N) is 1. The molecule has 0 unspecified atom stereocenters. The maximum atomic E-state index is 12.5. The Balaban J connectivity index is 2.47. The normalized spacial score (nSPS) is 17.3. The summed E-state index contributed by atoms with van der Waals surface area (Å²) in [4.78, 5) is 14.7. The molecule has 1 aromatic rings. The van der Waals surface area contributed by atoms with Crippen molar-refractivity contribution in [1.82, 2.24) is 0 Å². The summed E-state index contributed by atoms with van der Waals surface area (Å²) in [6, 6.07) is 5.27. The molecular formula is C15H20N2O3S. The summed E-state index contributed by atoms with van der Waals surface area (Å²) in [6.45, 7) is 5.64. The summed E-state index contributed by atoms with van der Waals surface area (Å²) in [5.74, 6) is 0.681. The molecule has 5 nitrogen and oxygen atoms in total. The van der Waals surface area contributed by atoms with E-state index in [1.165, 1.54) is 0 Å². The van der Waals surface area contributed by atoms with Crippen LogP contribution in [0.5, 0.6) is 5.75 Å². The van der Waals surface area contributed by atoms with Gasteiger partial charge in [0.25, 0.3) is 0 Å². The van der Waals surface area contributed by atoms with Gasteiger partial charge < -0.3 is 14.8 Å². The van der Waals surface area contributed by atoms with Crippen LogP contribution in [-0.2, 0) is 4.74 Å². The van der Waals surface area contributed by atoms with E-state index in [4.69, 9.17) is 21.7 Å². The van der Waals surface area contributed by atoms with Crippen LogP contribution in [0.1, 0.15) is 27.2 Å². The van der Waals surface area contributed by atoms with E-state index in [0.29, 0.717) is 17.2 Å². The lowest BCUT2D eigenvalue weighted by Crippen LogP contribution is -2.50. The minimum Gasteiger partial charge on any atom is -0.497 e. The Hall–Kier alpha value is -1.82. The molecule has 0 saturated carbocycles. The summed E-state index contributed by atoms with van der Waals surface area (Å²) in [5.41, 5.74) is 1.51. The zero-order valence-corrected chi connectivity index (χ0v) is 13.5. The number of hydrogen-bond donors (Lipinski definition) is 1. The summed E-state index contributed by atoms with van der Waals surface area (Å²) < 4.78 is 10.6. The number of rotatable bonds is 3. The molecule has 0 spiro atoms. The minimum atomic E-state index is -0.393. The Morgan fingerprint density at radius 3 is 2.76 bits per heavy atom. The number of hydrogen-bond acceptors (Lipinski definition) is 4. The van der Waals surface area contributed by atoms with E-state index in [1.54, 1.807) is 12.0 Å². The highest BCUT2D eigenvalue weighted by Crippen LogP contribution is 2.36. The molecule has 0 fully saturated rings. The van der Waals surface area contributed by atoms with E-state index >= 15 is 0 Å². The molecule has 0 saturated heterocycles. The number of thiocarbonyl (C=S) groups is 1. The molecule has 1 aliphatic rings. The Morgan fingerprint density at radius 1 is 1.48 bits per heavy atom. The molecule has 0 radical (unpaired) electrons. The maximum Gasteiger partial charge on any atom is 0.415 e. The Morgan fingerprint density at radius 2 is 2.19 bits per heavy atom. The van der Waals surface area contributed by atoms with Crippen molar-refractivity contribution in [3.8, 4) is 5.75 Å². The second-order valence-electron chi connectivity index (χ2n) is 5.10. The SMILES string of the molecule is CC[C@H]1C(=S)Nc2ccc(OC)cc2N1C(=O)OC(C)C. The van der Waals surface area contributed by atoms with Crippen molar-refractivity contribution < 1.29 is 14.3 Å². The first-order valence-corrected chi connectivity index (χ1v) is 7.37. The molecule has 1 heterocycles. The molecule has 1 aromatic carbocycles. The minimum absolute atomic E-state index is 0.187. The van der Waals surface area contributed by atoms with Crippen molar-refractivity contribution in [3.63, 3.8) is 0 Å². The predicted octanol–water partition coefficient (Wildman–Crippen LogP) is 3.58. The molecule has 114 valence electrons. The van der Waals surface area contributed by atoms with E-state index in [9.17, 15) is 4.79 Å². The first-order chi connectivity index (χ1) is 9.97. The van der Waals surface area contributed by atoms with Crippen LogP contribution in [0.2, 0.25) is 0 Å². The van der Waals surface area contributed by atoms with Crippen LogP contribution >= 0.6 is 12.2 Å². The van der Waals surface area contributed by atoms with Crippen LogP contribution in [-0.4, -0.2) is 30.3 Å². The molecule has 2 rings (SSSR count). The van der Waals surface area contributed by atoms with Gasteiger partial charge in [0, 0.05) is 6.07 Å². The lowest BCUT2D eigenvalue weighted by atomic mass is 10.1. The highest BCUT2D eigenvalue weighted by atomic mass is 32.1. The average molecular weight is 308 g/mol. The molecule has 0 aromatic heterocycles. The van der Waals surface area contributed by atoms with Crippen LogP contribution in [0.15, 0.2) is 18.2 Å².